The molecule has 4 heteroatoms. The Morgan fingerprint density at radius 1 is 1.38 bits per heavy atom. The first-order valence-electron chi connectivity index (χ1n) is 7.67. The molecular formula is C17H23ClN2O. The molecule has 3 nitrogen and oxygen atoms in total. The van der Waals surface area contributed by atoms with Crippen LogP contribution in [0.4, 0.5) is 0 Å². The number of ether oxygens (including phenoxy) is 1. The van der Waals surface area contributed by atoms with E-state index in [1.54, 1.807) is 0 Å². The Labute approximate surface area is 131 Å². The lowest BCUT2D eigenvalue weighted by molar-refractivity contribution is 0.0157. The molecule has 1 aromatic heterocycles. The van der Waals surface area contributed by atoms with Gasteiger partial charge in [-0.05, 0) is 49.8 Å². The van der Waals surface area contributed by atoms with Gasteiger partial charge < -0.3 is 9.30 Å². The highest BCUT2D eigenvalue weighted by Crippen LogP contribution is 2.35. The maximum Gasteiger partial charge on any atom is 0.127 e. The number of alkyl halides is 1. The van der Waals surface area contributed by atoms with E-state index >= 15 is 0 Å². The van der Waals surface area contributed by atoms with Crippen LogP contribution in [0.25, 0.3) is 11.0 Å². The summed E-state index contributed by atoms with van der Waals surface area (Å²) in [6.07, 6.45) is 2.18. The van der Waals surface area contributed by atoms with E-state index in [1.807, 2.05) is 6.92 Å². The van der Waals surface area contributed by atoms with Crippen molar-refractivity contribution in [1.82, 2.24) is 9.55 Å². The Morgan fingerprint density at radius 3 is 2.76 bits per heavy atom. The number of rotatable bonds is 3. The molecular weight excluding hydrogens is 284 g/mol. The van der Waals surface area contributed by atoms with E-state index in [-0.39, 0.29) is 10.8 Å². The second-order valence-electron chi connectivity index (χ2n) is 6.59. The molecule has 1 atom stereocenters. The Balaban J connectivity index is 2.06. The van der Waals surface area contributed by atoms with Crippen molar-refractivity contribution in [1.29, 1.82) is 0 Å². The first-order chi connectivity index (χ1) is 9.98. The van der Waals surface area contributed by atoms with Gasteiger partial charge in [0.05, 0.1) is 16.4 Å². The van der Waals surface area contributed by atoms with Gasteiger partial charge in [-0.2, -0.15) is 0 Å². The number of hydrogen-bond donors (Lipinski definition) is 0. The standard InChI is InChI=1S/C17H23ClN2O/c1-12-4-5-14-15(10-12)20(16(19-14)13(2)18)11-17(3)6-8-21-9-7-17/h4-5,10,13H,6-9,11H2,1-3H3. The molecule has 1 saturated heterocycles. The van der Waals surface area contributed by atoms with E-state index < -0.39 is 0 Å². The fraction of sp³-hybridized carbons (Fsp3) is 0.588. The second kappa shape index (κ2) is 5.62. The zero-order valence-corrected chi connectivity index (χ0v) is 13.8. The van der Waals surface area contributed by atoms with E-state index in [9.17, 15) is 0 Å². The Bertz CT molecular complexity index is 642. The molecule has 21 heavy (non-hydrogen) atoms. The van der Waals surface area contributed by atoms with Crippen LogP contribution in [-0.4, -0.2) is 22.8 Å². The highest BCUT2D eigenvalue weighted by molar-refractivity contribution is 6.20. The third kappa shape index (κ3) is 2.95. The van der Waals surface area contributed by atoms with Crippen LogP contribution in [0, 0.1) is 12.3 Å². The molecule has 2 aromatic rings. The normalized spacial score (nSPS) is 19.8. The first-order valence-corrected chi connectivity index (χ1v) is 8.11. The summed E-state index contributed by atoms with van der Waals surface area (Å²) in [7, 11) is 0. The van der Waals surface area contributed by atoms with Crippen molar-refractivity contribution >= 4 is 22.6 Å². The van der Waals surface area contributed by atoms with Crippen LogP contribution in [0.15, 0.2) is 18.2 Å². The van der Waals surface area contributed by atoms with Crippen molar-refractivity contribution in [3.8, 4) is 0 Å². The molecule has 0 aliphatic carbocycles. The largest absolute Gasteiger partial charge is 0.381 e. The smallest absolute Gasteiger partial charge is 0.127 e. The number of aryl methyl sites for hydroxylation is 1. The average Bonchev–Trinajstić information content (AvgIpc) is 2.77. The summed E-state index contributed by atoms with van der Waals surface area (Å²) >= 11 is 6.37. The summed E-state index contributed by atoms with van der Waals surface area (Å²) < 4.78 is 7.84. The monoisotopic (exact) mass is 306 g/mol. The van der Waals surface area contributed by atoms with Gasteiger partial charge in [-0.1, -0.05) is 13.0 Å². The van der Waals surface area contributed by atoms with E-state index in [0.29, 0.717) is 0 Å². The SMILES string of the molecule is Cc1ccc2nc(C(C)Cl)n(CC3(C)CCOCC3)c2c1. The topological polar surface area (TPSA) is 27.1 Å². The van der Waals surface area contributed by atoms with Crippen molar-refractivity contribution < 1.29 is 4.74 Å². The molecule has 1 unspecified atom stereocenters. The van der Waals surface area contributed by atoms with Crippen molar-refractivity contribution in [2.75, 3.05) is 13.2 Å². The predicted molar refractivity (Wildman–Crippen MR) is 86.9 cm³/mol. The minimum Gasteiger partial charge on any atom is -0.381 e. The van der Waals surface area contributed by atoms with Gasteiger partial charge in [-0.3, -0.25) is 0 Å². The van der Waals surface area contributed by atoms with Gasteiger partial charge in [0.25, 0.3) is 0 Å². The molecule has 0 spiro atoms. The van der Waals surface area contributed by atoms with Gasteiger partial charge >= 0.3 is 0 Å². The molecule has 1 aliphatic rings. The molecule has 3 rings (SSSR count). The van der Waals surface area contributed by atoms with E-state index in [0.717, 1.165) is 43.9 Å². The number of nitrogens with zero attached hydrogens (tertiary/aromatic N) is 2. The summed E-state index contributed by atoms with van der Waals surface area (Å²) in [5, 5.41) is -0.0823. The van der Waals surface area contributed by atoms with Crippen LogP contribution < -0.4 is 0 Å². The van der Waals surface area contributed by atoms with Gasteiger partial charge in [-0.15, -0.1) is 11.6 Å². The number of hydrogen-bond acceptors (Lipinski definition) is 2. The second-order valence-corrected chi connectivity index (χ2v) is 7.24. The molecule has 1 fully saturated rings. The Morgan fingerprint density at radius 2 is 2.10 bits per heavy atom. The zero-order chi connectivity index (χ0) is 15.0. The fourth-order valence-electron chi connectivity index (χ4n) is 3.13. The molecule has 0 amide bonds. The lowest BCUT2D eigenvalue weighted by Crippen LogP contribution is -2.31. The number of imidazole rings is 1. The van der Waals surface area contributed by atoms with Crippen LogP contribution in [0.2, 0.25) is 0 Å². The van der Waals surface area contributed by atoms with Crippen molar-refractivity contribution in [2.24, 2.45) is 5.41 Å². The van der Waals surface area contributed by atoms with Crippen LogP contribution >= 0.6 is 11.6 Å². The number of benzene rings is 1. The molecule has 0 radical (unpaired) electrons. The summed E-state index contributed by atoms with van der Waals surface area (Å²) in [5.41, 5.74) is 3.76. The molecule has 0 N–H and O–H groups in total. The number of fused-ring (bicyclic) bond motifs is 1. The number of aromatic nitrogens is 2. The zero-order valence-electron chi connectivity index (χ0n) is 13.0. The van der Waals surface area contributed by atoms with E-state index in [2.05, 4.69) is 36.6 Å². The minimum absolute atomic E-state index is 0.0823. The van der Waals surface area contributed by atoms with Crippen LogP contribution in [0.5, 0.6) is 0 Å². The maximum absolute atomic E-state index is 6.37. The minimum atomic E-state index is -0.0823. The van der Waals surface area contributed by atoms with Gasteiger partial charge in [0.15, 0.2) is 0 Å². The third-order valence-electron chi connectivity index (χ3n) is 4.53. The third-order valence-corrected chi connectivity index (χ3v) is 4.72. The molecule has 1 aromatic carbocycles. The van der Waals surface area contributed by atoms with Crippen molar-refractivity contribution in [2.45, 2.75) is 45.5 Å². The highest BCUT2D eigenvalue weighted by atomic mass is 35.5. The fourth-order valence-corrected chi connectivity index (χ4v) is 3.29. The van der Waals surface area contributed by atoms with E-state index in [4.69, 9.17) is 21.3 Å². The Kier molecular flexibility index (Phi) is 3.98. The van der Waals surface area contributed by atoms with Crippen LogP contribution in [-0.2, 0) is 11.3 Å². The predicted octanol–water partition coefficient (Wildman–Crippen LogP) is 4.46. The lowest BCUT2D eigenvalue weighted by atomic mass is 9.82. The summed E-state index contributed by atoms with van der Waals surface area (Å²) in [4.78, 5) is 4.75. The van der Waals surface area contributed by atoms with Gasteiger partial charge in [0, 0.05) is 19.8 Å². The maximum atomic E-state index is 6.37. The van der Waals surface area contributed by atoms with Gasteiger partial charge in [-0.25, -0.2) is 4.98 Å². The molecule has 1 aliphatic heterocycles. The van der Waals surface area contributed by atoms with Crippen molar-refractivity contribution in [3.05, 3.63) is 29.6 Å². The van der Waals surface area contributed by atoms with Gasteiger partial charge in [0.1, 0.15) is 5.82 Å². The quantitative estimate of drug-likeness (QED) is 0.783. The van der Waals surface area contributed by atoms with Crippen LogP contribution in [0.3, 0.4) is 0 Å². The van der Waals surface area contributed by atoms with E-state index in [1.165, 1.54) is 11.1 Å². The average molecular weight is 307 g/mol. The van der Waals surface area contributed by atoms with Crippen LogP contribution in [0.1, 0.15) is 43.5 Å². The first kappa shape index (κ1) is 14.9. The molecule has 114 valence electrons. The molecule has 0 saturated carbocycles. The summed E-state index contributed by atoms with van der Waals surface area (Å²) in [6.45, 7) is 9.14. The highest BCUT2D eigenvalue weighted by Gasteiger charge is 2.30. The van der Waals surface area contributed by atoms with Crippen molar-refractivity contribution in [3.63, 3.8) is 0 Å². The summed E-state index contributed by atoms with van der Waals surface area (Å²) in [6, 6.07) is 6.42. The molecule has 2 heterocycles. The molecule has 0 bridgehead atoms. The summed E-state index contributed by atoms with van der Waals surface area (Å²) in [5.74, 6) is 0.977. The Hall–Kier alpha value is -1.06. The van der Waals surface area contributed by atoms with Gasteiger partial charge in [0.2, 0.25) is 0 Å². The lowest BCUT2D eigenvalue weighted by Gasteiger charge is -2.34. The number of halogens is 1.